The summed E-state index contributed by atoms with van der Waals surface area (Å²) in [6, 6.07) is 9.26. The lowest BCUT2D eigenvalue weighted by atomic mass is 9.80. The zero-order valence-electron chi connectivity index (χ0n) is 14.4. The molecule has 0 bridgehead atoms. The first-order valence-electron chi connectivity index (χ1n) is 7.98. The zero-order valence-corrected chi connectivity index (χ0v) is 15.2. The molecule has 3 unspecified atom stereocenters. The van der Waals surface area contributed by atoms with Crippen LogP contribution in [0, 0.1) is 5.92 Å². The van der Waals surface area contributed by atoms with E-state index in [0.29, 0.717) is 10.7 Å². The average Bonchev–Trinajstić information content (AvgIpc) is 2.62. The molecule has 1 aliphatic carbocycles. The van der Waals surface area contributed by atoms with Crippen LogP contribution in [0.3, 0.4) is 0 Å². The van der Waals surface area contributed by atoms with Crippen LogP contribution in [-0.2, 0) is 0 Å². The van der Waals surface area contributed by atoms with Crippen LogP contribution in [0.15, 0.2) is 24.3 Å². The second kappa shape index (κ2) is 5.40. The molecule has 0 saturated heterocycles. The van der Waals surface area contributed by atoms with Gasteiger partial charge in [-0.05, 0) is 48.2 Å². The second-order valence-corrected chi connectivity index (χ2v) is 12.5. The molecule has 0 aliphatic heterocycles. The van der Waals surface area contributed by atoms with Gasteiger partial charge in [0.2, 0.25) is 0 Å². The largest absolute Gasteiger partial charge is 0.244 e. The van der Waals surface area contributed by atoms with Crippen LogP contribution in [0.25, 0.3) is 0 Å². The van der Waals surface area contributed by atoms with Gasteiger partial charge in [0.1, 0.15) is 0 Å². The van der Waals surface area contributed by atoms with Crippen molar-refractivity contribution in [3.05, 3.63) is 35.4 Å². The highest BCUT2D eigenvalue weighted by Crippen LogP contribution is 2.63. The van der Waals surface area contributed by atoms with Crippen molar-refractivity contribution in [2.75, 3.05) is 18.8 Å². The van der Waals surface area contributed by atoms with Gasteiger partial charge in [0, 0.05) is 10.7 Å². The maximum absolute atomic E-state index is 2.51. The van der Waals surface area contributed by atoms with Gasteiger partial charge in [0.15, 0.2) is 0 Å². The lowest BCUT2D eigenvalue weighted by Gasteiger charge is -2.50. The van der Waals surface area contributed by atoms with E-state index in [1.807, 2.05) is 0 Å². The molecule has 0 aromatic heterocycles. The van der Waals surface area contributed by atoms with Crippen molar-refractivity contribution in [2.45, 2.75) is 57.1 Å². The van der Waals surface area contributed by atoms with Crippen molar-refractivity contribution < 1.29 is 0 Å². The molecule has 0 nitrogen and oxygen atoms in total. The average molecular weight is 293 g/mol. The number of hydrogen-bond acceptors (Lipinski definition) is 0. The molecule has 20 heavy (non-hydrogen) atoms. The monoisotopic (exact) mass is 292 g/mol. The molecule has 0 saturated carbocycles. The summed E-state index contributed by atoms with van der Waals surface area (Å²) < 4.78 is 0.394. The topological polar surface area (TPSA) is 0 Å². The smallest absolute Gasteiger partial charge is 0.00102 e. The Labute approximate surface area is 127 Å². The lowest BCUT2D eigenvalue weighted by molar-refractivity contribution is 0.357. The van der Waals surface area contributed by atoms with E-state index >= 15 is 0 Å². The molecule has 2 rings (SSSR count). The Balaban J connectivity index is 2.50. The maximum Gasteiger partial charge on any atom is 0.00102 e. The Morgan fingerprint density at radius 3 is 2.10 bits per heavy atom. The third-order valence-electron chi connectivity index (χ3n) is 5.82. The van der Waals surface area contributed by atoms with Crippen LogP contribution in [-0.4, -0.2) is 23.5 Å². The summed E-state index contributed by atoms with van der Waals surface area (Å²) in [6.07, 6.45) is 10.1. The van der Waals surface area contributed by atoms with E-state index < -0.39 is 10.0 Å². The molecule has 1 aromatic rings. The molecule has 0 heterocycles. The summed E-state index contributed by atoms with van der Waals surface area (Å²) in [7, 11) is -0.600. The van der Waals surface area contributed by atoms with E-state index in [-0.39, 0.29) is 0 Å². The predicted octanol–water partition coefficient (Wildman–Crippen LogP) is 5.78. The Kier molecular flexibility index (Phi) is 4.31. The third kappa shape index (κ3) is 2.43. The SMILES string of the molecule is CCCC1c2ccccc2C(C(C)(C)S(C)(C)C)C1C. The molecule has 0 N–H and O–H groups in total. The molecule has 114 valence electrons. The molecule has 0 spiro atoms. The van der Waals surface area contributed by atoms with Gasteiger partial charge >= 0.3 is 0 Å². The van der Waals surface area contributed by atoms with Crippen molar-refractivity contribution >= 4 is 10.0 Å². The lowest BCUT2D eigenvalue weighted by Crippen LogP contribution is -2.36. The molecule has 0 radical (unpaired) electrons. The van der Waals surface area contributed by atoms with E-state index in [9.17, 15) is 0 Å². The minimum Gasteiger partial charge on any atom is -0.244 e. The van der Waals surface area contributed by atoms with Crippen molar-refractivity contribution in [1.29, 1.82) is 0 Å². The fraction of sp³-hybridized carbons (Fsp3) is 0.684. The fourth-order valence-electron chi connectivity index (χ4n) is 4.05. The normalized spacial score (nSPS) is 27.4. The highest BCUT2D eigenvalue weighted by atomic mass is 32.3. The van der Waals surface area contributed by atoms with Crippen LogP contribution >= 0.6 is 10.0 Å². The summed E-state index contributed by atoms with van der Waals surface area (Å²) in [6.45, 7) is 9.84. The number of hydrogen-bond donors (Lipinski definition) is 0. The van der Waals surface area contributed by atoms with Crippen LogP contribution in [0.4, 0.5) is 0 Å². The van der Waals surface area contributed by atoms with Crippen LogP contribution < -0.4 is 0 Å². The van der Waals surface area contributed by atoms with Crippen molar-refractivity contribution in [2.24, 2.45) is 5.92 Å². The molecule has 0 amide bonds. The Bertz CT molecular complexity index is 467. The summed E-state index contributed by atoms with van der Waals surface area (Å²) in [5, 5.41) is 0. The van der Waals surface area contributed by atoms with Gasteiger partial charge in [0.05, 0.1) is 0 Å². The van der Waals surface area contributed by atoms with Crippen molar-refractivity contribution in [1.82, 2.24) is 0 Å². The zero-order chi connectivity index (χ0) is 15.1. The standard InChI is InChI=1S/C19H32S/c1-8-11-15-14(2)18(19(3,4)20(5,6)7)17-13-10-9-12-16(15)17/h9-10,12-15,18H,8,11H2,1-7H3. The minimum atomic E-state index is -0.600. The van der Waals surface area contributed by atoms with E-state index in [1.54, 1.807) is 11.1 Å². The highest BCUT2D eigenvalue weighted by molar-refractivity contribution is 8.33. The first kappa shape index (κ1) is 15.9. The predicted molar refractivity (Wildman–Crippen MR) is 95.4 cm³/mol. The van der Waals surface area contributed by atoms with Gasteiger partial charge in [-0.25, -0.2) is 10.0 Å². The Morgan fingerprint density at radius 1 is 1.05 bits per heavy atom. The number of benzene rings is 1. The van der Waals surface area contributed by atoms with Crippen LogP contribution in [0.5, 0.6) is 0 Å². The molecule has 0 fully saturated rings. The maximum atomic E-state index is 2.51. The first-order valence-corrected chi connectivity index (χ1v) is 10.8. The summed E-state index contributed by atoms with van der Waals surface area (Å²) >= 11 is 0. The van der Waals surface area contributed by atoms with Crippen LogP contribution in [0.1, 0.15) is 63.5 Å². The van der Waals surface area contributed by atoms with Gasteiger partial charge in [-0.3, -0.25) is 0 Å². The summed E-state index contributed by atoms with van der Waals surface area (Å²) in [5.74, 6) is 2.25. The molecule has 1 aliphatic rings. The van der Waals surface area contributed by atoms with E-state index in [1.165, 1.54) is 12.8 Å². The third-order valence-corrected chi connectivity index (χ3v) is 9.23. The molecule has 3 atom stereocenters. The van der Waals surface area contributed by atoms with Gasteiger partial charge in [0.25, 0.3) is 0 Å². The van der Waals surface area contributed by atoms with Crippen molar-refractivity contribution in [3.8, 4) is 0 Å². The first-order chi connectivity index (χ1) is 9.21. The van der Waals surface area contributed by atoms with Gasteiger partial charge < -0.3 is 0 Å². The minimum absolute atomic E-state index is 0.394. The van der Waals surface area contributed by atoms with E-state index in [0.717, 1.165) is 11.8 Å². The number of rotatable bonds is 4. The summed E-state index contributed by atoms with van der Waals surface area (Å²) in [4.78, 5) is 0. The van der Waals surface area contributed by atoms with E-state index in [4.69, 9.17) is 0 Å². The van der Waals surface area contributed by atoms with Gasteiger partial charge in [-0.1, -0.05) is 58.4 Å². The molecular formula is C19H32S. The van der Waals surface area contributed by atoms with Crippen LogP contribution in [0.2, 0.25) is 0 Å². The molecular weight excluding hydrogens is 260 g/mol. The van der Waals surface area contributed by atoms with Crippen molar-refractivity contribution in [3.63, 3.8) is 0 Å². The Morgan fingerprint density at radius 2 is 1.60 bits per heavy atom. The second-order valence-electron chi connectivity index (χ2n) is 7.80. The summed E-state index contributed by atoms with van der Waals surface area (Å²) in [5.41, 5.74) is 3.29. The molecule has 1 aromatic carbocycles. The fourth-order valence-corrected chi connectivity index (χ4v) is 5.15. The molecule has 1 heteroatoms. The Hall–Kier alpha value is -0.430. The highest BCUT2D eigenvalue weighted by Gasteiger charge is 2.47. The van der Waals surface area contributed by atoms with Gasteiger partial charge in [-0.2, -0.15) is 0 Å². The van der Waals surface area contributed by atoms with E-state index in [2.05, 4.69) is 70.7 Å². The quantitative estimate of drug-likeness (QED) is 0.660. The van der Waals surface area contributed by atoms with Gasteiger partial charge in [-0.15, -0.1) is 0 Å². The number of fused-ring (bicyclic) bond motifs is 1.